The van der Waals surface area contributed by atoms with Crippen LogP contribution in [-0.4, -0.2) is 14.6 Å². The van der Waals surface area contributed by atoms with E-state index >= 15 is 0 Å². The number of rotatable bonds is 4. The highest BCUT2D eigenvalue weighted by Crippen LogP contribution is 2.38. The number of aryl methyl sites for hydroxylation is 2. The molecule has 2 nitrogen and oxygen atoms in total. The SMILES string of the molecule is CCc1nn(C)c(CC2CC(CC)CCC2Br)c1Br. The van der Waals surface area contributed by atoms with Gasteiger partial charge in [-0.15, -0.1) is 0 Å². The van der Waals surface area contributed by atoms with Gasteiger partial charge in [-0.1, -0.05) is 36.2 Å². The summed E-state index contributed by atoms with van der Waals surface area (Å²) in [5, 5.41) is 4.61. The molecule has 3 atom stereocenters. The molecule has 0 aromatic carbocycles. The number of hydrogen-bond donors (Lipinski definition) is 0. The first-order chi connectivity index (χ1) is 9.06. The third kappa shape index (κ3) is 3.44. The van der Waals surface area contributed by atoms with Crippen molar-refractivity contribution in [2.45, 2.75) is 57.2 Å². The summed E-state index contributed by atoms with van der Waals surface area (Å²) in [7, 11) is 2.07. The number of nitrogens with zero attached hydrogens (tertiary/aromatic N) is 2. The Labute approximate surface area is 133 Å². The fraction of sp³-hybridized carbons (Fsp3) is 0.800. The van der Waals surface area contributed by atoms with Gasteiger partial charge in [0.2, 0.25) is 0 Å². The van der Waals surface area contributed by atoms with E-state index in [-0.39, 0.29) is 0 Å². The van der Waals surface area contributed by atoms with Crippen LogP contribution in [0.1, 0.15) is 50.9 Å². The van der Waals surface area contributed by atoms with Crippen molar-refractivity contribution in [2.75, 3.05) is 0 Å². The number of aromatic nitrogens is 2. The van der Waals surface area contributed by atoms with E-state index in [4.69, 9.17) is 0 Å². The molecule has 1 aliphatic rings. The van der Waals surface area contributed by atoms with Crippen molar-refractivity contribution in [2.24, 2.45) is 18.9 Å². The Bertz CT molecular complexity index is 428. The van der Waals surface area contributed by atoms with E-state index < -0.39 is 0 Å². The highest BCUT2D eigenvalue weighted by Gasteiger charge is 2.29. The van der Waals surface area contributed by atoms with Crippen LogP contribution in [-0.2, 0) is 19.9 Å². The largest absolute Gasteiger partial charge is 0.271 e. The third-order valence-electron chi connectivity index (χ3n) is 4.53. The zero-order valence-electron chi connectivity index (χ0n) is 12.1. The smallest absolute Gasteiger partial charge is 0.0766 e. The second-order valence-corrected chi connectivity index (χ2v) is 7.72. The number of alkyl halides is 1. The Kier molecular flexibility index (Phi) is 5.53. The van der Waals surface area contributed by atoms with Crippen molar-refractivity contribution in [3.8, 4) is 0 Å². The minimum absolute atomic E-state index is 0.669. The number of halogens is 2. The van der Waals surface area contributed by atoms with Crippen LogP contribution in [0.5, 0.6) is 0 Å². The highest BCUT2D eigenvalue weighted by molar-refractivity contribution is 9.10. The summed E-state index contributed by atoms with van der Waals surface area (Å²) in [6, 6.07) is 0. The van der Waals surface area contributed by atoms with E-state index in [1.54, 1.807) is 0 Å². The molecule has 1 saturated carbocycles. The summed E-state index contributed by atoms with van der Waals surface area (Å²) in [4.78, 5) is 0.669. The average molecular weight is 392 g/mol. The van der Waals surface area contributed by atoms with Crippen LogP contribution < -0.4 is 0 Å². The summed E-state index contributed by atoms with van der Waals surface area (Å²) in [6.07, 6.45) is 7.51. The second kappa shape index (κ2) is 6.75. The summed E-state index contributed by atoms with van der Waals surface area (Å²) >= 11 is 7.64. The van der Waals surface area contributed by atoms with E-state index in [1.807, 2.05) is 0 Å². The molecule has 1 heterocycles. The summed E-state index contributed by atoms with van der Waals surface area (Å²) in [6.45, 7) is 4.49. The van der Waals surface area contributed by atoms with Crippen LogP contribution in [0.25, 0.3) is 0 Å². The Hall–Kier alpha value is 0.170. The standard InChI is InChI=1S/C15H24Br2N2/c1-4-10-6-7-12(16)11(8-10)9-14-15(17)13(5-2)18-19(14)3/h10-12H,4-9H2,1-3H3. The van der Waals surface area contributed by atoms with Gasteiger partial charge in [0.05, 0.1) is 15.9 Å². The first kappa shape index (κ1) is 15.6. The fourth-order valence-electron chi connectivity index (χ4n) is 3.20. The maximum Gasteiger partial charge on any atom is 0.0766 e. The van der Waals surface area contributed by atoms with Crippen LogP contribution in [0.15, 0.2) is 4.47 Å². The Morgan fingerprint density at radius 3 is 2.63 bits per heavy atom. The van der Waals surface area contributed by atoms with Gasteiger partial charge in [-0.2, -0.15) is 5.10 Å². The molecule has 1 fully saturated rings. The fourth-order valence-corrected chi connectivity index (χ4v) is 4.64. The lowest BCUT2D eigenvalue weighted by atomic mass is 9.78. The lowest BCUT2D eigenvalue weighted by molar-refractivity contribution is 0.268. The molecule has 108 valence electrons. The quantitative estimate of drug-likeness (QED) is 0.669. The van der Waals surface area contributed by atoms with E-state index in [2.05, 4.69) is 62.5 Å². The topological polar surface area (TPSA) is 17.8 Å². The van der Waals surface area contributed by atoms with Crippen LogP contribution in [0, 0.1) is 11.8 Å². The molecule has 0 N–H and O–H groups in total. The van der Waals surface area contributed by atoms with E-state index in [0.29, 0.717) is 4.83 Å². The molecule has 0 radical (unpaired) electrons. The van der Waals surface area contributed by atoms with E-state index in [9.17, 15) is 0 Å². The van der Waals surface area contributed by atoms with Crippen LogP contribution in [0.4, 0.5) is 0 Å². The van der Waals surface area contributed by atoms with Gasteiger partial charge in [-0.3, -0.25) is 4.68 Å². The van der Waals surface area contributed by atoms with Gasteiger partial charge in [-0.25, -0.2) is 0 Å². The first-order valence-electron chi connectivity index (χ1n) is 7.41. The lowest BCUT2D eigenvalue weighted by Gasteiger charge is -2.33. The minimum Gasteiger partial charge on any atom is -0.271 e. The van der Waals surface area contributed by atoms with Crippen molar-refractivity contribution in [1.82, 2.24) is 9.78 Å². The molecule has 0 saturated heterocycles. The molecule has 0 amide bonds. The van der Waals surface area contributed by atoms with Gasteiger partial charge >= 0.3 is 0 Å². The molecule has 1 aromatic rings. The van der Waals surface area contributed by atoms with Crippen molar-refractivity contribution in [3.05, 3.63) is 15.9 Å². The maximum atomic E-state index is 4.61. The average Bonchev–Trinajstić information content (AvgIpc) is 2.68. The van der Waals surface area contributed by atoms with Gasteiger partial charge in [0, 0.05) is 11.9 Å². The van der Waals surface area contributed by atoms with E-state index in [1.165, 1.54) is 41.5 Å². The molecule has 4 heteroatoms. The first-order valence-corrected chi connectivity index (χ1v) is 9.11. The van der Waals surface area contributed by atoms with Crippen LogP contribution >= 0.6 is 31.9 Å². The maximum absolute atomic E-state index is 4.61. The molecule has 19 heavy (non-hydrogen) atoms. The van der Waals surface area contributed by atoms with Crippen LogP contribution in [0.3, 0.4) is 0 Å². The lowest BCUT2D eigenvalue weighted by Crippen LogP contribution is -2.27. The van der Waals surface area contributed by atoms with Crippen molar-refractivity contribution in [1.29, 1.82) is 0 Å². The van der Waals surface area contributed by atoms with Gasteiger partial charge < -0.3 is 0 Å². The Morgan fingerprint density at radius 2 is 2.05 bits per heavy atom. The molecule has 0 bridgehead atoms. The molecule has 0 spiro atoms. The highest BCUT2D eigenvalue weighted by atomic mass is 79.9. The summed E-state index contributed by atoms with van der Waals surface area (Å²) in [5.41, 5.74) is 2.55. The zero-order valence-corrected chi connectivity index (χ0v) is 15.3. The van der Waals surface area contributed by atoms with Gasteiger partial charge in [0.1, 0.15) is 0 Å². The second-order valence-electron chi connectivity index (χ2n) is 5.75. The predicted molar refractivity (Wildman–Crippen MR) is 87.8 cm³/mol. The zero-order chi connectivity index (χ0) is 14.0. The van der Waals surface area contributed by atoms with Crippen molar-refractivity contribution < 1.29 is 0 Å². The molecular weight excluding hydrogens is 368 g/mol. The van der Waals surface area contributed by atoms with Crippen molar-refractivity contribution in [3.63, 3.8) is 0 Å². The molecule has 1 aromatic heterocycles. The molecule has 3 unspecified atom stereocenters. The molecule has 2 rings (SSSR count). The Morgan fingerprint density at radius 1 is 1.32 bits per heavy atom. The van der Waals surface area contributed by atoms with Gasteiger partial charge in [0.15, 0.2) is 0 Å². The minimum atomic E-state index is 0.669. The predicted octanol–water partition coefficient (Wildman–Crippen LogP) is 4.88. The van der Waals surface area contributed by atoms with Gasteiger partial charge in [-0.05, 0) is 59.9 Å². The summed E-state index contributed by atoms with van der Waals surface area (Å²) < 4.78 is 3.30. The van der Waals surface area contributed by atoms with Crippen LogP contribution in [0.2, 0.25) is 0 Å². The number of hydrogen-bond acceptors (Lipinski definition) is 1. The van der Waals surface area contributed by atoms with E-state index in [0.717, 1.165) is 24.7 Å². The Balaban J connectivity index is 2.13. The monoisotopic (exact) mass is 390 g/mol. The van der Waals surface area contributed by atoms with Gasteiger partial charge in [0.25, 0.3) is 0 Å². The normalized spacial score (nSPS) is 27.7. The third-order valence-corrected chi connectivity index (χ3v) is 6.65. The molecule has 0 aliphatic heterocycles. The summed E-state index contributed by atoms with van der Waals surface area (Å²) in [5.74, 6) is 1.66. The molecular formula is C15H24Br2N2. The molecule has 1 aliphatic carbocycles. The van der Waals surface area contributed by atoms with Crippen molar-refractivity contribution >= 4 is 31.9 Å².